The average molecular weight is 330 g/mol. The fourth-order valence-corrected chi connectivity index (χ4v) is 3.56. The predicted octanol–water partition coefficient (Wildman–Crippen LogP) is 1.15. The summed E-state index contributed by atoms with van der Waals surface area (Å²) in [7, 11) is -3.33. The third-order valence-electron chi connectivity index (χ3n) is 3.48. The Kier molecular flexibility index (Phi) is 3.81. The van der Waals surface area contributed by atoms with Gasteiger partial charge >= 0.3 is 0 Å². The number of benzene rings is 1. The number of ether oxygens (including phenoxy) is 1. The van der Waals surface area contributed by atoms with Gasteiger partial charge in [-0.15, -0.1) is 11.6 Å². The Hall–Kier alpha value is -1.31. The van der Waals surface area contributed by atoms with Crippen molar-refractivity contribution in [2.24, 2.45) is 0 Å². The van der Waals surface area contributed by atoms with E-state index in [-0.39, 0.29) is 10.8 Å². The Labute approximate surface area is 128 Å². The lowest BCUT2D eigenvalue weighted by Crippen LogP contribution is -2.44. The van der Waals surface area contributed by atoms with Crippen molar-refractivity contribution in [3.63, 3.8) is 0 Å². The van der Waals surface area contributed by atoms with E-state index in [1.807, 2.05) is 10.7 Å². The molecule has 8 heteroatoms. The van der Waals surface area contributed by atoms with E-state index in [2.05, 4.69) is 9.99 Å². The number of nitrogens with zero attached hydrogens (tertiary/aromatic N) is 3. The van der Waals surface area contributed by atoms with Crippen molar-refractivity contribution in [2.45, 2.75) is 10.8 Å². The van der Waals surface area contributed by atoms with Crippen molar-refractivity contribution < 1.29 is 13.2 Å². The lowest BCUT2D eigenvalue weighted by atomic mass is 10.3. The summed E-state index contributed by atoms with van der Waals surface area (Å²) in [5.41, 5.74) is 1.23. The second-order valence-corrected chi connectivity index (χ2v) is 7.19. The first-order valence-corrected chi connectivity index (χ1v) is 9.04. The third kappa shape index (κ3) is 2.61. The summed E-state index contributed by atoms with van der Waals surface area (Å²) in [5.74, 6) is 0.861. The van der Waals surface area contributed by atoms with Crippen LogP contribution in [0.3, 0.4) is 0 Å². The maximum Gasteiger partial charge on any atom is 0.177 e. The standard InChI is InChI=1S/C13H16ClN3O3S/c1-21(18,19)11-4-2-3-10-13(11)15-12(9-14)17(10)16-5-7-20-8-6-16/h2-4H,5-9H2,1H3. The van der Waals surface area contributed by atoms with Crippen LogP contribution in [0.5, 0.6) is 0 Å². The minimum atomic E-state index is -3.33. The molecule has 1 saturated heterocycles. The molecule has 114 valence electrons. The molecule has 0 bridgehead atoms. The smallest absolute Gasteiger partial charge is 0.177 e. The van der Waals surface area contributed by atoms with Crippen molar-refractivity contribution in [1.82, 2.24) is 9.66 Å². The molecule has 0 N–H and O–H groups in total. The molecular formula is C13H16ClN3O3S. The van der Waals surface area contributed by atoms with Gasteiger partial charge in [-0.2, -0.15) is 0 Å². The summed E-state index contributed by atoms with van der Waals surface area (Å²) in [6.45, 7) is 2.71. The fourth-order valence-electron chi connectivity index (χ4n) is 2.56. The van der Waals surface area contributed by atoms with Crippen molar-refractivity contribution >= 4 is 32.5 Å². The number of fused-ring (bicyclic) bond motifs is 1. The van der Waals surface area contributed by atoms with Gasteiger partial charge in [-0.3, -0.25) is 0 Å². The van der Waals surface area contributed by atoms with E-state index in [0.717, 1.165) is 18.6 Å². The molecule has 1 aromatic heterocycles. The topological polar surface area (TPSA) is 64.4 Å². The molecule has 0 aliphatic carbocycles. The van der Waals surface area contributed by atoms with E-state index >= 15 is 0 Å². The van der Waals surface area contributed by atoms with Crippen LogP contribution in [0, 0.1) is 0 Å². The number of imidazole rings is 1. The zero-order chi connectivity index (χ0) is 15.0. The van der Waals surface area contributed by atoms with Crippen molar-refractivity contribution in [2.75, 3.05) is 37.6 Å². The first-order chi connectivity index (χ1) is 10.0. The van der Waals surface area contributed by atoms with Crippen LogP contribution in [-0.4, -0.2) is 50.6 Å². The van der Waals surface area contributed by atoms with E-state index in [4.69, 9.17) is 16.3 Å². The van der Waals surface area contributed by atoms with Gasteiger partial charge in [0.25, 0.3) is 0 Å². The largest absolute Gasteiger partial charge is 0.378 e. The molecule has 0 amide bonds. The average Bonchev–Trinajstić information content (AvgIpc) is 2.85. The highest BCUT2D eigenvalue weighted by Gasteiger charge is 2.22. The lowest BCUT2D eigenvalue weighted by Gasteiger charge is -2.31. The van der Waals surface area contributed by atoms with E-state index in [0.29, 0.717) is 24.6 Å². The summed E-state index contributed by atoms with van der Waals surface area (Å²) < 4.78 is 31.1. The molecule has 0 atom stereocenters. The van der Waals surface area contributed by atoms with Gasteiger partial charge in [-0.05, 0) is 12.1 Å². The molecule has 2 heterocycles. The first-order valence-electron chi connectivity index (χ1n) is 6.61. The molecule has 1 fully saturated rings. The van der Waals surface area contributed by atoms with E-state index in [1.165, 1.54) is 6.26 Å². The van der Waals surface area contributed by atoms with Crippen LogP contribution < -0.4 is 5.01 Å². The van der Waals surface area contributed by atoms with Gasteiger partial charge in [0, 0.05) is 6.26 Å². The number of aromatic nitrogens is 2. The molecule has 0 unspecified atom stereocenters. The second-order valence-electron chi connectivity index (χ2n) is 4.94. The molecular weight excluding hydrogens is 314 g/mol. The highest BCUT2D eigenvalue weighted by molar-refractivity contribution is 7.91. The molecule has 0 spiro atoms. The van der Waals surface area contributed by atoms with E-state index in [1.54, 1.807) is 12.1 Å². The maximum absolute atomic E-state index is 11.9. The van der Waals surface area contributed by atoms with Crippen LogP contribution >= 0.6 is 11.6 Å². The van der Waals surface area contributed by atoms with Crippen molar-refractivity contribution in [3.05, 3.63) is 24.0 Å². The summed E-state index contributed by atoms with van der Waals surface area (Å²) in [5, 5.41) is 2.09. The predicted molar refractivity (Wildman–Crippen MR) is 81.2 cm³/mol. The molecule has 6 nitrogen and oxygen atoms in total. The SMILES string of the molecule is CS(=O)(=O)c1cccc2c1nc(CCl)n2N1CCOCC1. The molecule has 21 heavy (non-hydrogen) atoms. The third-order valence-corrected chi connectivity index (χ3v) is 4.85. The van der Waals surface area contributed by atoms with Crippen LogP contribution in [0.4, 0.5) is 0 Å². The number of sulfone groups is 1. The quantitative estimate of drug-likeness (QED) is 0.790. The summed E-state index contributed by atoms with van der Waals surface area (Å²) in [4.78, 5) is 4.68. The number of para-hydroxylation sites is 1. The normalized spacial score (nSPS) is 16.6. The number of morpholine rings is 1. The van der Waals surface area contributed by atoms with Gasteiger partial charge in [0.05, 0.1) is 42.6 Å². The summed E-state index contributed by atoms with van der Waals surface area (Å²) in [6, 6.07) is 5.17. The van der Waals surface area contributed by atoms with Crippen LogP contribution in [-0.2, 0) is 20.5 Å². The molecule has 1 aromatic carbocycles. The Morgan fingerprint density at radius 2 is 2.05 bits per heavy atom. The van der Waals surface area contributed by atoms with Crippen molar-refractivity contribution in [1.29, 1.82) is 0 Å². The van der Waals surface area contributed by atoms with E-state index in [9.17, 15) is 8.42 Å². The van der Waals surface area contributed by atoms with E-state index < -0.39 is 9.84 Å². The van der Waals surface area contributed by atoms with Gasteiger partial charge in [0.15, 0.2) is 9.84 Å². The minimum Gasteiger partial charge on any atom is -0.378 e. The van der Waals surface area contributed by atoms with Gasteiger partial charge in [-0.1, -0.05) is 6.07 Å². The Morgan fingerprint density at radius 1 is 1.33 bits per heavy atom. The molecule has 3 rings (SSSR count). The number of hydrogen-bond donors (Lipinski definition) is 0. The zero-order valence-electron chi connectivity index (χ0n) is 11.6. The highest BCUT2D eigenvalue weighted by atomic mass is 35.5. The van der Waals surface area contributed by atoms with Crippen LogP contribution in [0.1, 0.15) is 5.82 Å². The van der Waals surface area contributed by atoms with Gasteiger partial charge in [0.1, 0.15) is 11.3 Å². The van der Waals surface area contributed by atoms with Crippen molar-refractivity contribution in [3.8, 4) is 0 Å². The zero-order valence-corrected chi connectivity index (χ0v) is 13.2. The van der Waals surface area contributed by atoms with Crippen LogP contribution in [0.15, 0.2) is 23.1 Å². The van der Waals surface area contributed by atoms with Gasteiger partial charge in [0.2, 0.25) is 0 Å². The first kappa shape index (κ1) is 14.6. The maximum atomic E-state index is 11.9. The number of rotatable bonds is 3. The van der Waals surface area contributed by atoms with Crippen LogP contribution in [0.2, 0.25) is 0 Å². The Morgan fingerprint density at radius 3 is 2.67 bits per heavy atom. The number of halogens is 1. The Bertz CT molecular complexity index is 766. The highest BCUT2D eigenvalue weighted by Crippen LogP contribution is 2.25. The second kappa shape index (κ2) is 5.47. The number of hydrogen-bond acceptors (Lipinski definition) is 5. The minimum absolute atomic E-state index is 0.217. The monoisotopic (exact) mass is 329 g/mol. The van der Waals surface area contributed by atoms with Crippen LogP contribution in [0.25, 0.3) is 11.0 Å². The lowest BCUT2D eigenvalue weighted by molar-refractivity contribution is 0.111. The molecule has 1 aliphatic rings. The fraction of sp³-hybridized carbons (Fsp3) is 0.462. The molecule has 0 radical (unpaired) electrons. The Balaban J connectivity index is 2.24. The number of alkyl halides is 1. The molecule has 1 aliphatic heterocycles. The molecule has 2 aromatic rings. The van der Waals surface area contributed by atoms with Gasteiger partial charge in [-0.25, -0.2) is 18.1 Å². The van der Waals surface area contributed by atoms with Gasteiger partial charge < -0.3 is 9.75 Å². The molecule has 0 saturated carbocycles. The summed E-state index contributed by atoms with van der Waals surface area (Å²) in [6.07, 6.45) is 1.19. The summed E-state index contributed by atoms with van der Waals surface area (Å²) >= 11 is 6.00.